The van der Waals surface area contributed by atoms with E-state index in [1.165, 1.54) is 18.9 Å². The molecule has 106 valence electrons. The van der Waals surface area contributed by atoms with E-state index in [0.29, 0.717) is 23.2 Å². The van der Waals surface area contributed by atoms with Gasteiger partial charge in [0.2, 0.25) is 0 Å². The Kier molecular flexibility index (Phi) is 3.34. The van der Waals surface area contributed by atoms with Gasteiger partial charge in [-0.05, 0) is 30.9 Å². The van der Waals surface area contributed by atoms with Crippen LogP contribution in [-0.2, 0) is 0 Å². The summed E-state index contributed by atoms with van der Waals surface area (Å²) in [6.07, 6.45) is 4.60. The van der Waals surface area contributed by atoms with Gasteiger partial charge in [-0.3, -0.25) is 0 Å². The van der Waals surface area contributed by atoms with Crippen molar-refractivity contribution in [2.24, 2.45) is 5.92 Å². The second-order valence-corrected chi connectivity index (χ2v) is 5.60. The molecule has 1 aliphatic carbocycles. The molecule has 1 aromatic heterocycles. The lowest BCUT2D eigenvalue weighted by Gasteiger charge is -2.23. The molecular formula is C15H18N2O3. The smallest absolute Gasteiger partial charge is 0.261 e. The maximum absolute atomic E-state index is 9.83. The zero-order chi connectivity index (χ0) is 14.1. The number of phenols is 2. The Labute approximate surface area is 117 Å². The van der Waals surface area contributed by atoms with Gasteiger partial charge in [0, 0.05) is 5.92 Å². The molecule has 1 fully saturated rings. The normalized spacial score (nSPS) is 22.9. The molecule has 0 radical (unpaired) electrons. The van der Waals surface area contributed by atoms with Gasteiger partial charge in [-0.15, -0.1) is 0 Å². The standard InChI is InChI=1S/C15H18N2O3/c1-9-4-2-5-10(8-9)14-16-15(20-17-14)11-6-3-7-12(18)13(11)19/h3,6-7,9-10,18-19H,2,4-5,8H2,1H3. The summed E-state index contributed by atoms with van der Waals surface area (Å²) in [6.45, 7) is 2.24. The summed E-state index contributed by atoms with van der Waals surface area (Å²) in [5, 5.41) is 23.4. The lowest BCUT2D eigenvalue weighted by Crippen LogP contribution is -2.12. The quantitative estimate of drug-likeness (QED) is 0.820. The van der Waals surface area contributed by atoms with Crippen molar-refractivity contribution in [1.82, 2.24) is 10.1 Å². The van der Waals surface area contributed by atoms with Crippen molar-refractivity contribution in [2.75, 3.05) is 0 Å². The van der Waals surface area contributed by atoms with Crippen molar-refractivity contribution < 1.29 is 14.7 Å². The Morgan fingerprint density at radius 2 is 2.10 bits per heavy atom. The third-order valence-electron chi connectivity index (χ3n) is 3.99. The van der Waals surface area contributed by atoms with E-state index in [0.717, 1.165) is 12.8 Å². The first-order chi connectivity index (χ1) is 9.65. The number of benzene rings is 1. The molecule has 2 aromatic rings. The third kappa shape index (κ3) is 2.35. The van der Waals surface area contributed by atoms with E-state index in [1.807, 2.05) is 0 Å². The minimum atomic E-state index is -0.222. The number of hydrogen-bond acceptors (Lipinski definition) is 5. The van der Waals surface area contributed by atoms with Crippen molar-refractivity contribution >= 4 is 0 Å². The first-order valence-corrected chi connectivity index (χ1v) is 7.00. The van der Waals surface area contributed by atoms with Gasteiger partial charge in [0.1, 0.15) is 0 Å². The summed E-state index contributed by atoms with van der Waals surface area (Å²) < 4.78 is 5.24. The number of aromatic hydroxyl groups is 2. The first-order valence-electron chi connectivity index (χ1n) is 7.00. The highest BCUT2D eigenvalue weighted by atomic mass is 16.5. The van der Waals surface area contributed by atoms with Crippen LogP contribution in [-0.4, -0.2) is 20.4 Å². The number of aromatic nitrogens is 2. The Balaban J connectivity index is 1.88. The van der Waals surface area contributed by atoms with Crippen molar-refractivity contribution in [1.29, 1.82) is 0 Å². The van der Waals surface area contributed by atoms with Gasteiger partial charge in [0.25, 0.3) is 5.89 Å². The molecule has 0 amide bonds. The SMILES string of the molecule is CC1CCCC(c2noc(-c3cccc(O)c3O)n2)C1. The van der Waals surface area contributed by atoms with Crippen LogP contribution in [0.25, 0.3) is 11.5 Å². The van der Waals surface area contributed by atoms with Crippen molar-refractivity contribution in [3.05, 3.63) is 24.0 Å². The van der Waals surface area contributed by atoms with E-state index in [-0.39, 0.29) is 17.4 Å². The molecule has 2 unspecified atom stereocenters. The molecular weight excluding hydrogens is 256 g/mol. The number of para-hydroxylation sites is 1. The second-order valence-electron chi connectivity index (χ2n) is 5.60. The van der Waals surface area contributed by atoms with Crippen LogP contribution in [0.4, 0.5) is 0 Å². The molecule has 2 N–H and O–H groups in total. The number of nitrogens with zero attached hydrogens (tertiary/aromatic N) is 2. The van der Waals surface area contributed by atoms with Crippen molar-refractivity contribution in [3.63, 3.8) is 0 Å². The minimum Gasteiger partial charge on any atom is -0.504 e. The van der Waals surface area contributed by atoms with E-state index in [9.17, 15) is 10.2 Å². The molecule has 0 spiro atoms. The molecule has 5 heteroatoms. The molecule has 0 bridgehead atoms. The predicted molar refractivity (Wildman–Crippen MR) is 73.4 cm³/mol. The van der Waals surface area contributed by atoms with E-state index < -0.39 is 0 Å². The van der Waals surface area contributed by atoms with Crippen LogP contribution < -0.4 is 0 Å². The fraction of sp³-hybridized carbons (Fsp3) is 0.467. The van der Waals surface area contributed by atoms with E-state index in [4.69, 9.17) is 4.52 Å². The third-order valence-corrected chi connectivity index (χ3v) is 3.99. The highest BCUT2D eigenvalue weighted by Crippen LogP contribution is 2.38. The van der Waals surface area contributed by atoms with Gasteiger partial charge in [-0.25, -0.2) is 0 Å². The summed E-state index contributed by atoms with van der Waals surface area (Å²) in [7, 11) is 0. The average Bonchev–Trinajstić information content (AvgIpc) is 2.91. The molecule has 1 aromatic carbocycles. The molecule has 1 heterocycles. The summed E-state index contributed by atoms with van der Waals surface area (Å²) >= 11 is 0. The average molecular weight is 274 g/mol. The van der Waals surface area contributed by atoms with Crippen LogP contribution in [0.2, 0.25) is 0 Å². The Hall–Kier alpha value is -2.04. The molecule has 1 saturated carbocycles. The predicted octanol–water partition coefficient (Wildman–Crippen LogP) is 3.44. The number of hydrogen-bond donors (Lipinski definition) is 2. The first kappa shape index (κ1) is 13.0. The van der Waals surface area contributed by atoms with Crippen LogP contribution in [0.15, 0.2) is 22.7 Å². The molecule has 2 atom stereocenters. The summed E-state index contributed by atoms with van der Waals surface area (Å²) in [5.41, 5.74) is 0.368. The molecule has 0 aliphatic heterocycles. The lowest BCUT2D eigenvalue weighted by atomic mass is 9.82. The van der Waals surface area contributed by atoms with Crippen molar-refractivity contribution in [3.8, 4) is 23.0 Å². The fourth-order valence-corrected chi connectivity index (χ4v) is 2.88. The van der Waals surface area contributed by atoms with Crippen LogP contribution in [0.5, 0.6) is 11.5 Å². The van der Waals surface area contributed by atoms with Crippen LogP contribution in [0.3, 0.4) is 0 Å². The van der Waals surface area contributed by atoms with Gasteiger partial charge in [-0.1, -0.05) is 31.0 Å². The number of rotatable bonds is 2. The summed E-state index contributed by atoms with van der Waals surface area (Å²) in [6, 6.07) is 4.70. The van der Waals surface area contributed by atoms with E-state index >= 15 is 0 Å². The topological polar surface area (TPSA) is 79.4 Å². The van der Waals surface area contributed by atoms with Gasteiger partial charge >= 0.3 is 0 Å². The summed E-state index contributed by atoms with van der Waals surface area (Å²) in [5.74, 6) is 1.56. The minimum absolute atomic E-state index is 0.187. The molecule has 1 aliphatic rings. The fourth-order valence-electron chi connectivity index (χ4n) is 2.88. The maximum atomic E-state index is 9.83. The van der Waals surface area contributed by atoms with Crippen LogP contribution in [0.1, 0.15) is 44.3 Å². The van der Waals surface area contributed by atoms with E-state index in [1.54, 1.807) is 12.1 Å². The number of phenolic OH excluding ortho intramolecular Hbond substituents is 2. The molecule has 5 nitrogen and oxygen atoms in total. The zero-order valence-electron chi connectivity index (χ0n) is 11.4. The maximum Gasteiger partial charge on any atom is 0.261 e. The Bertz CT molecular complexity index is 609. The monoisotopic (exact) mass is 274 g/mol. The van der Waals surface area contributed by atoms with Crippen LogP contribution in [0, 0.1) is 5.92 Å². The van der Waals surface area contributed by atoms with E-state index in [2.05, 4.69) is 17.1 Å². The van der Waals surface area contributed by atoms with Gasteiger partial charge in [-0.2, -0.15) is 4.98 Å². The summed E-state index contributed by atoms with van der Waals surface area (Å²) in [4.78, 5) is 4.39. The molecule has 0 saturated heterocycles. The Morgan fingerprint density at radius 1 is 1.25 bits per heavy atom. The lowest BCUT2D eigenvalue weighted by molar-refractivity contribution is 0.324. The van der Waals surface area contributed by atoms with Gasteiger partial charge < -0.3 is 14.7 Å². The zero-order valence-corrected chi connectivity index (χ0v) is 11.4. The van der Waals surface area contributed by atoms with Crippen LogP contribution >= 0.6 is 0 Å². The van der Waals surface area contributed by atoms with Gasteiger partial charge in [0.15, 0.2) is 17.3 Å². The highest BCUT2D eigenvalue weighted by Gasteiger charge is 2.25. The van der Waals surface area contributed by atoms with Gasteiger partial charge in [0.05, 0.1) is 5.56 Å². The highest BCUT2D eigenvalue weighted by molar-refractivity contribution is 5.66. The second kappa shape index (κ2) is 5.15. The largest absolute Gasteiger partial charge is 0.504 e. The molecule has 20 heavy (non-hydrogen) atoms. The Morgan fingerprint density at radius 3 is 2.90 bits per heavy atom. The molecule has 3 rings (SSSR count). The van der Waals surface area contributed by atoms with Crippen molar-refractivity contribution in [2.45, 2.75) is 38.5 Å².